The Balaban J connectivity index is 2.15. The van der Waals surface area contributed by atoms with E-state index in [9.17, 15) is 15.2 Å². The Labute approximate surface area is 162 Å². The van der Waals surface area contributed by atoms with Crippen molar-refractivity contribution in [2.75, 3.05) is 18.5 Å². The van der Waals surface area contributed by atoms with Gasteiger partial charge in [0.05, 0.1) is 16.7 Å². The predicted octanol–water partition coefficient (Wildman–Crippen LogP) is 3.83. The van der Waals surface area contributed by atoms with E-state index in [1.165, 1.54) is 12.3 Å². The summed E-state index contributed by atoms with van der Waals surface area (Å²) in [6.45, 7) is 0.656. The summed E-state index contributed by atoms with van der Waals surface area (Å²) in [6, 6.07) is 16.1. The molecule has 0 aliphatic rings. The summed E-state index contributed by atoms with van der Waals surface area (Å²) in [4.78, 5) is 14.1. The van der Waals surface area contributed by atoms with E-state index in [-0.39, 0.29) is 12.2 Å². The van der Waals surface area contributed by atoms with Gasteiger partial charge in [0.15, 0.2) is 0 Å². The van der Waals surface area contributed by atoms with Crippen LogP contribution in [-0.2, 0) is 11.3 Å². The second kappa shape index (κ2) is 9.83. The van der Waals surface area contributed by atoms with Gasteiger partial charge >= 0.3 is 0 Å². The largest absolute Gasteiger partial charge is 0.395 e. The molecule has 7 heteroatoms. The molecule has 0 heterocycles. The van der Waals surface area contributed by atoms with Gasteiger partial charge < -0.3 is 15.3 Å². The van der Waals surface area contributed by atoms with Gasteiger partial charge in [0.1, 0.15) is 11.6 Å². The molecule has 1 amide bonds. The van der Waals surface area contributed by atoms with Crippen LogP contribution < -0.4 is 5.32 Å². The topological polar surface area (TPSA) is 76.4 Å². The molecule has 0 bridgehead atoms. The number of aliphatic hydroxyl groups excluding tert-OH is 1. The lowest BCUT2D eigenvalue weighted by molar-refractivity contribution is -0.112. The van der Waals surface area contributed by atoms with Gasteiger partial charge in [0, 0.05) is 25.0 Å². The molecule has 0 atom stereocenters. The smallest absolute Gasteiger partial charge is 0.267 e. The molecule has 0 spiro atoms. The fraction of sp³-hybridized carbons (Fsp3) is 0.158. The fourth-order valence-electron chi connectivity index (χ4n) is 2.23. The molecule has 2 rings (SSSR count). The predicted molar refractivity (Wildman–Crippen MR) is 103 cm³/mol. The van der Waals surface area contributed by atoms with E-state index in [1.807, 2.05) is 36.4 Å². The number of amides is 1. The van der Waals surface area contributed by atoms with Gasteiger partial charge in [-0.2, -0.15) is 5.26 Å². The van der Waals surface area contributed by atoms with Crippen LogP contribution in [0.25, 0.3) is 0 Å². The van der Waals surface area contributed by atoms with Crippen LogP contribution in [0.1, 0.15) is 5.56 Å². The van der Waals surface area contributed by atoms with Gasteiger partial charge in [0.25, 0.3) is 5.91 Å². The maximum Gasteiger partial charge on any atom is 0.267 e. The number of nitrogens with zero attached hydrogens (tertiary/aromatic N) is 2. The number of anilines is 1. The molecule has 0 unspecified atom stereocenters. The number of carbonyl (C=O) groups is 1. The molecule has 0 saturated carbocycles. The Morgan fingerprint density at radius 1 is 1.19 bits per heavy atom. The molecule has 2 aromatic rings. The quantitative estimate of drug-likeness (QED) is 0.557. The van der Waals surface area contributed by atoms with E-state index in [2.05, 4.69) is 5.32 Å². The van der Waals surface area contributed by atoms with E-state index in [0.29, 0.717) is 28.8 Å². The van der Waals surface area contributed by atoms with Crippen LogP contribution in [-0.4, -0.2) is 29.1 Å². The number of hydrogen-bond donors (Lipinski definition) is 2. The third-order valence-corrected chi connectivity index (χ3v) is 4.21. The van der Waals surface area contributed by atoms with Crippen LogP contribution in [0.4, 0.5) is 5.69 Å². The highest BCUT2D eigenvalue weighted by Gasteiger charge is 2.13. The number of nitriles is 1. The number of nitrogens with one attached hydrogen (secondary N) is 1. The maximum absolute atomic E-state index is 12.4. The first kappa shape index (κ1) is 19.8. The SMILES string of the molecule is N#C/C(=C/N(CCO)Cc1ccccc1)C(=O)Nc1ccc(Cl)c(Cl)c1. The van der Waals surface area contributed by atoms with Crippen molar-refractivity contribution in [3.8, 4) is 6.07 Å². The van der Waals surface area contributed by atoms with Crippen molar-refractivity contribution in [1.29, 1.82) is 5.26 Å². The molecule has 5 nitrogen and oxygen atoms in total. The van der Waals surface area contributed by atoms with Crippen molar-refractivity contribution >= 4 is 34.8 Å². The number of benzene rings is 2. The monoisotopic (exact) mass is 389 g/mol. The van der Waals surface area contributed by atoms with E-state index in [4.69, 9.17) is 23.2 Å². The zero-order valence-corrected chi connectivity index (χ0v) is 15.3. The number of halogens is 2. The molecule has 0 aliphatic heterocycles. The van der Waals surface area contributed by atoms with Gasteiger partial charge in [-0.15, -0.1) is 0 Å². The van der Waals surface area contributed by atoms with Crippen LogP contribution in [0.15, 0.2) is 60.3 Å². The van der Waals surface area contributed by atoms with E-state index < -0.39 is 5.91 Å². The summed E-state index contributed by atoms with van der Waals surface area (Å²) in [5.74, 6) is -0.568. The molecule has 0 fully saturated rings. The highest BCUT2D eigenvalue weighted by atomic mass is 35.5. The fourth-order valence-corrected chi connectivity index (χ4v) is 2.53. The molecule has 0 aliphatic carbocycles. The van der Waals surface area contributed by atoms with Gasteiger partial charge in [-0.25, -0.2) is 0 Å². The summed E-state index contributed by atoms with van der Waals surface area (Å²) in [5.41, 5.74) is 1.35. The van der Waals surface area contributed by atoms with Crippen molar-refractivity contribution in [3.05, 3.63) is 75.9 Å². The Morgan fingerprint density at radius 2 is 1.92 bits per heavy atom. The number of aliphatic hydroxyl groups is 1. The first-order valence-corrected chi connectivity index (χ1v) is 8.56. The average molecular weight is 390 g/mol. The van der Waals surface area contributed by atoms with Crippen molar-refractivity contribution in [1.82, 2.24) is 4.90 Å². The van der Waals surface area contributed by atoms with Crippen LogP contribution in [0.5, 0.6) is 0 Å². The Bertz CT molecular complexity index is 832. The zero-order valence-electron chi connectivity index (χ0n) is 13.8. The van der Waals surface area contributed by atoms with E-state index in [0.717, 1.165) is 5.56 Å². The molecule has 2 aromatic carbocycles. The number of carbonyl (C=O) groups excluding carboxylic acids is 1. The highest BCUT2D eigenvalue weighted by Crippen LogP contribution is 2.25. The Kier molecular flexibility index (Phi) is 7.49. The summed E-state index contributed by atoms with van der Waals surface area (Å²) in [7, 11) is 0. The van der Waals surface area contributed by atoms with Crippen LogP contribution in [0.2, 0.25) is 10.0 Å². The minimum absolute atomic E-state index is 0.0829. The highest BCUT2D eigenvalue weighted by molar-refractivity contribution is 6.42. The first-order chi connectivity index (χ1) is 12.5. The molecular formula is C19H17Cl2N3O2. The van der Waals surface area contributed by atoms with Crippen molar-refractivity contribution < 1.29 is 9.90 Å². The normalized spacial score (nSPS) is 10.9. The second-order valence-electron chi connectivity index (χ2n) is 5.42. The minimum atomic E-state index is -0.568. The van der Waals surface area contributed by atoms with E-state index in [1.54, 1.807) is 17.0 Å². The van der Waals surface area contributed by atoms with Crippen molar-refractivity contribution in [2.45, 2.75) is 6.54 Å². The zero-order chi connectivity index (χ0) is 18.9. The maximum atomic E-state index is 12.4. The van der Waals surface area contributed by atoms with Crippen LogP contribution in [0.3, 0.4) is 0 Å². The standard InChI is InChI=1S/C19H17Cl2N3O2/c20-17-7-6-16(10-18(17)21)23-19(26)15(11-22)13-24(8-9-25)12-14-4-2-1-3-5-14/h1-7,10,13,25H,8-9,12H2,(H,23,26)/b15-13-. The second-order valence-corrected chi connectivity index (χ2v) is 6.23. The molecule has 134 valence electrons. The molecular weight excluding hydrogens is 373 g/mol. The van der Waals surface area contributed by atoms with Gasteiger partial charge in [-0.1, -0.05) is 53.5 Å². The molecule has 0 radical (unpaired) electrons. The first-order valence-electron chi connectivity index (χ1n) is 7.80. The average Bonchev–Trinajstić information content (AvgIpc) is 2.63. The number of rotatable bonds is 7. The molecule has 0 saturated heterocycles. The Hall–Kier alpha value is -2.52. The number of hydrogen-bond acceptors (Lipinski definition) is 4. The van der Waals surface area contributed by atoms with E-state index >= 15 is 0 Å². The van der Waals surface area contributed by atoms with Gasteiger partial charge in [-0.05, 0) is 23.8 Å². The van der Waals surface area contributed by atoms with Gasteiger partial charge in [0.2, 0.25) is 0 Å². The lowest BCUT2D eigenvalue weighted by atomic mass is 10.2. The summed E-state index contributed by atoms with van der Waals surface area (Å²) >= 11 is 11.8. The molecule has 2 N–H and O–H groups in total. The van der Waals surface area contributed by atoms with Gasteiger partial charge in [-0.3, -0.25) is 4.79 Å². The lowest BCUT2D eigenvalue weighted by Crippen LogP contribution is -2.23. The summed E-state index contributed by atoms with van der Waals surface area (Å²) in [5, 5.41) is 21.9. The summed E-state index contributed by atoms with van der Waals surface area (Å²) < 4.78 is 0. The molecule has 0 aromatic heterocycles. The van der Waals surface area contributed by atoms with Crippen molar-refractivity contribution in [3.63, 3.8) is 0 Å². The Morgan fingerprint density at radius 3 is 2.54 bits per heavy atom. The summed E-state index contributed by atoms with van der Waals surface area (Å²) in [6.07, 6.45) is 1.44. The van der Waals surface area contributed by atoms with Crippen molar-refractivity contribution in [2.24, 2.45) is 0 Å². The third-order valence-electron chi connectivity index (χ3n) is 3.47. The third kappa shape index (κ3) is 5.78. The minimum Gasteiger partial charge on any atom is -0.395 e. The lowest BCUT2D eigenvalue weighted by Gasteiger charge is -2.20. The van der Waals surface area contributed by atoms with Crippen LogP contribution >= 0.6 is 23.2 Å². The molecule has 26 heavy (non-hydrogen) atoms. The van der Waals surface area contributed by atoms with Crippen LogP contribution in [0, 0.1) is 11.3 Å².